The molecule has 0 saturated heterocycles. The Labute approximate surface area is 89.8 Å². The highest BCUT2D eigenvalue weighted by molar-refractivity contribution is 6.32. The molecule has 0 spiro atoms. The first-order valence-corrected chi connectivity index (χ1v) is 4.60. The molecule has 0 unspecified atom stereocenters. The molecule has 0 aliphatic carbocycles. The Balaban J connectivity index is 2.84. The molecule has 1 aromatic rings. The minimum Gasteiger partial charge on any atom is -0.462 e. The number of alkyl halides is 2. The number of aromatic nitrogens is 2. The van der Waals surface area contributed by atoms with E-state index in [2.05, 4.69) is 9.84 Å². The van der Waals surface area contributed by atoms with E-state index in [1.807, 2.05) is 0 Å². The zero-order valence-electron chi connectivity index (χ0n) is 7.91. The number of halogens is 3. The van der Waals surface area contributed by atoms with Crippen molar-refractivity contribution in [2.45, 2.75) is 19.9 Å². The van der Waals surface area contributed by atoms with Crippen LogP contribution in [0.5, 0.6) is 0 Å². The molecule has 0 radical (unpaired) electrons. The van der Waals surface area contributed by atoms with Gasteiger partial charge in [-0.25, -0.2) is 18.3 Å². The van der Waals surface area contributed by atoms with E-state index < -0.39 is 18.9 Å². The van der Waals surface area contributed by atoms with Crippen LogP contribution in [0.3, 0.4) is 0 Å². The van der Waals surface area contributed by atoms with Gasteiger partial charge in [-0.05, 0) is 6.92 Å². The molecule has 0 bridgehead atoms. The number of rotatable bonds is 4. The van der Waals surface area contributed by atoms with Crippen molar-refractivity contribution >= 4 is 17.6 Å². The molecule has 0 amide bonds. The summed E-state index contributed by atoms with van der Waals surface area (Å²) in [6, 6.07) is 0. The summed E-state index contributed by atoms with van der Waals surface area (Å²) in [6.07, 6.45) is -1.46. The number of ether oxygens (including phenoxy) is 1. The average molecular weight is 239 g/mol. The lowest BCUT2D eigenvalue weighted by Crippen LogP contribution is -2.09. The maximum atomic E-state index is 12.0. The summed E-state index contributed by atoms with van der Waals surface area (Å²) in [6.45, 7) is 1.18. The van der Waals surface area contributed by atoms with Crippen LogP contribution in [0.2, 0.25) is 5.15 Å². The summed E-state index contributed by atoms with van der Waals surface area (Å²) < 4.78 is 29.6. The lowest BCUT2D eigenvalue weighted by Gasteiger charge is -2.02. The summed E-state index contributed by atoms with van der Waals surface area (Å²) in [7, 11) is 0. The molecule has 84 valence electrons. The van der Waals surface area contributed by atoms with Crippen LogP contribution in [0, 0.1) is 0 Å². The number of carbonyl (C=O) groups is 1. The van der Waals surface area contributed by atoms with E-state index >= 15 is 0 Å². The number of hydrogen-bond donors (Lipinski definition) is 0. The van der Waals surface area contributed by atoms with Crippen molar-refractivity contribution in [2.75, 3.05) is 6.61 Å². The van der Waals surface area contributed by atoms with Gasteiger partial charge in [-0.3, -0.25) is 0 Å². The van der Waals surface area contributed by atoms with E-state index in [1.165, 1.54) is 0 Å². The van der Waals surface area contributed by atoms with E-state index in [1.54, 1.807) is 6.92 Å². The Hall–Kier alpha value is -1.17. The van der Waals surface area contributed by atoms with Crippen LogP contribution in [0.25, 0.3) is 0 Å². The van der Waals surface area contributed by atoms with Gasteiger partial charge in [0.1, 0.15) is 17.3 Å². The smallest absolute Gasteiger partial charge is 0.342 e. The first kappa shape index (κ1) is 11.9. The third-order valence-electron chi connectivity index (χ3n) is 1.58. The van der Waals surface area contributed by atoms with Gasteiger partial charge in [0.25, 0.3) is 6.43 Å². The van der Waals surface area contributed by atoms with Crippen molar-refractivity contribution in [3.63, 3.8) is 0 Å². The predicted molar refractivity (Wildman–Crippen MR) is 49.2 cm³/mol. The van der Waals surface area contributed by atoms with Gasteiger partial charge in [-0.1, -0.05) is 11.6 Å². The zero-order chi connectivity index (χ0) is 11.4. The Kier molecular flexibility index (Phi) is 4.02. The highest BCUT2D eigenvalue weighted by Gasteiger charge is 2.18. The molecular weight excluding hydrogens is 230 g/mol. The van der Waals surface area contributed by atoms with Crippen LogP contribution in [-0.4, -0.2) is 28.8 Å². The molecular formula is C8H9ClF2N2O2. The summed E-state index contributed by atoms with van der Waals surface area (Å²) in [4.78, 5) is 11.2. The lowest BCUT2D eigenvalue weighted by molar-refractivity contribution is 0.0526. The van der Waals surface area contributed by atoms with Gasteiger partial charge in [0.05, 0.1) is 12.8 Å². The molecule has 15 heavy (non-hydrogen) atoms. The summed E-state index contributed by atoms with van der Waals surface area (Å²) >= 11 is 5.67. The van der Waals surface area contributed by atoms with Crippen LogP contribution < -0.4 is 0 Å². The predicted octanol–water partition coefficient (Wildman–Crippen LogP) is 1.98. The Morgan fingerprint density at radius 2 is 2.40 bits per heavy atom. The van der Waals surface area contributed by atoms with Crippen molar-refractivity contribution in [2.24, 2.45) is 0 Å². The average Bonchev–Trinajstić information content (AvgIpc) is 2.48. The second kappa shape index (κ2) is 5.06. The summed E-state index contributed by atoms with van der Waals surface area (Å²) in [5.41, 5.74) is -0.000772. The normalized spacial score (nSPS) is 10.7. The molecule has 1 rings (SSSR count). The topological polar surface area (TPSA) is 44.1 Å². The third-order valence-corrected chi connectivity index (χ3v) is 1.98. The molecule has 0 atom stereocenters. The number of carbonyl (C=O) groups excluding carboxylic acids is 1. The molecule has 1 heterocycles. The quantitative estimate of drug-likeness (QED) is 0.754. The third kappa shape index (κ3) is 2.89. The summed E-state index contributed by atoms with van der Waals surface area (Å²) in [5.74, 6) is -0.664. The minimum atomic E-state index is -2.57. The largest absolute Gasteiger partial charge is 0.462 e. The van der Waals surface area contributed by atoms with Gasteiger partial charge in [-0.15, -0.1) is 0 Å². The molecule has 0 saturated carbocycles. The molecule has 0 aliphatic rings. The highest BCUT2D eigenvalue weighted by atomic mass is 35.5. The second-order valence-electron chi connectivity index (χ2n) is 2.64. The molecule has 0 fully saturated rings. The lowest BCUT2D eigenvalue weighted by atomic mass is 10.4. The zero-order valence-corrected chi connectivity index (χ0v) is 8.67. The van der Waals surface area contributed by atoms with Crippen molar-refractivity contribution in [1.82, 2.24) is 9.78 Å². The number of esters is 1. The molecule has 0 N–H and O–H groups in total. The van der Waals surface area contributed by atoms with Crippen LogP contribution in [0.15, 0.2) is 6.20 Å². The Morgan fingerprint density at radius 3 is 2.93 bits per heavy atom. The van der Waals surface area contributed by atoms with E-state index in [0.29, 0.717) is 0 Å². The fourth-order valence-electron chi connectivity index (χ4n) is 0.974. The Bertz CT molecular complexity index is 354. The van der Waals surface area contributed by atoms with Gasteiger partial charge < -0.3 is 4.74 Å². The molecule has 7 heteroatoms. The highest BCUT2D eigenvalue weighted by Crippen LogP contribution is 2.17. The molecule has 1 aromatic heterocycles. The van der Waals surface area contributed by atoms with Crippen LogP contribution in [0.1, 0.15) is 17.3 Å². The number of hydrogen-bond acceptors (Lipinski definition) is 3. The van der Waals surface area contributed by atoms with Gasteiger partial charge in [-0.2, -0.15) is 5.10 Å². The van der Waals surface area contributed by atoms with Gasteiger partial charge >= 0.3 is 5.97 Å². The molecule has 0 aliphatic heterocycles. The first-order chi connectivity index (χ1) is 7.06. The van der Waals surface area contributed by atoms with Crippen molar-refractivity contribution in [3.8, 4) is 0 Å². The summed E-state index contributed by atoms with van der Waals surface area (Å²) in [5, 5.41) is 3.43. The van der Waals surface area contributed by atoms with Crippen LogP contribution >= 0.6 is 11.6 Å². The molecule has 4 nitrogen and oxygen atoms in total. The van der Waals surface area contributed by atoms with Gasteiger partial charge in [0, 0.05) is 0 Å². The van der Waals surface area contributed by atoms with Crippen LogP contribution in [-0.2, 0) is 11.3 Å². The van der Waals surface area contributed by atoms with Crippen LogP contribution in [0.4, 0.5) is 8.78 Å². The fourth-order valence-corrected chi connectivity index (χ4v) is 1.21. The standard InChI is InChI=1S/C8H9ClF2N2O2/c1-2-15-8(14)5-3-12-13(7(5)9)4-6(10)11/h3,6H,2,4H2,1H3. The van der Waals surface area contributed by atoms with Crippen molar-refractivity contribution in [1.29, 1.82) is 0 Å². The molecule has 0 aromatic carbocycles. The van der Waals surface area contributed by atoms with E-state index in [4.69, 9.17) is 11.6 Å². The maximum absolute atomic E-state index is 12.0. The van der Waals surface area contributed by atoms with Crippen molar-refractivity contribution in [3.05, 3.63) is 16.9 Å². The maximum Gasteiger partial charge on any atom is 0.342 e. The Morgan fingerprint density at radius 1 is 1.73 bits per heavy atom. The van der Waals surface area contributed by atoms with E-state index in [9.17, 15) is 13.6 Å². The fraction of sp³-hybridized carbons (Fsp3) is 0.500. The van der Waals surface area contributed by atoms with Crippen molar-refractivity contribution < 1.29 is 18.3 Å². The van der Waals surface area contributed by atoms with E-state index in [-0.39, 0.29) is 17.3 Å². The first-order valence-electron chi connectivity index (χ1n) is 4.22. The monoisotopic (exact) mass is 238 g/mol. The number of nitrogens with zero attached hydrogens (tertiary/aromatic N) is 2. The SMILES string of the molecule is CCOC(=O)c1cnn(CC(F)F)c1Cl. The van der Waals surface area contributed by atoms with E-state index in [0.717, 1.165) is 10.9 Å². The minimum absolute atomic E-state index is 0.000772. The van der Waals surface area contributed by atoms with Gasteiger partial charge in [0.15, 0.2) is 0 Å². The second-order valence-corrected chi connectivity index (χ2v) is 3.00. The van der Waals surface area contributed by atoms with Gasteiger partial charge in [0.2, 0.25) is 0 Å².